The van der Waals surface area contributed by atoms with Crippen LogP contribution in [0.2, 0.25) is 0 Å². The predicted octanol–water partition coefficient (Wildman–Crippen LogP) is 1.68. The van der Waals surface area contributed by atoms with Crippen LogP contribution in [-0.2, 0) is 36.8 Å². The fourth-order valence-electron chi connectivity index (χ4n) is 5.77. The molecule has 0 aliphatic heterocycles. The van der Waals surface area contributed by atoms with E-state index in [-0.39, 0.29) is 54.7 Å². The van der Waals surface area contributed by atoms with Gasteiger partial charge in [0.05, 0.1) is 11.6 Å². The average molecular weight is 835 g/mol. The zero-order valence-corrected chi connectivity index (χ0v) is 34.0. The van der Waals surface area contributed by atoms with E-state index in [2.05, 4.69) is 26.3 Å². The number of nitrogens with one attached hydrogen (secondary N) is 4. The Morgan fingerprint density at radius 1 is 0.661 bits per heavy atom. The van der Waals surface area contributed by atoms with Gasteiger partial charge in [-0.05, 0) is 110 Å². The van der Waals surface area contributed by atoms with Gasteiger partial charge in [0.15, 0.2) is 5.96 Å². The molecule has 3 aromatic carbocycles. The van der Waals surface area contributed by atoms with Crippen LogP contribution in [0.1, 0.15) is 67.9 Å². The number of unbranched alkanes of at least 4 members (excludes halogenated alkanes) is 1. The van der Waals surface area contributed by atoms with Crippen LogP contribution < -0.4 is 38.5 Å². The van der Waals surface area contributed by atoms with Crippen molar-refractivity contribution in [3.05, 3.63) is 89.5 Å². The topological polar surface area (TPSA) is 302 Å². The molecule has 17 nitrogen and oxygen atoms in total. The minimum atomic E-state index is -1.21. The fraction of sp³-hybridized carbons (Fsp3) is 0.390. The number of guanidine groups is 1. The lowest BCUT2D eigenvalue weighted by Gasteiger charge is -2.26. The molecule has 3 rings (SSSR count). The Hall–Kier alpha value is -6.14. The summed E-state index contributed by atoms with van der Waals surface area (Å²) in [4.78, 5) is 83.8. The monoisotopic (exact) mass is 834 g/mol. The molecule has 0 saturated heterocycles. The molecule has 0 aliphatic rings. The first-order valence-corrected chi connectivity index (χ1v) is 19.9. The van der Waals surface area contributed by atoms with E-state index in [9.17, 15) is 44.1 Å². The van der Waals surface area contributed by atoms with E-state index in [0.717, 1.165) is 11.8 Å². The number of rotatable bonds is 22. The highest BCUT2D eigenvalue weighted by atomic mass is 32.2. The number of nitrogens with two attached hydrogens (primary N) is 3. The van der Waals surface area contributed by atoms with Crippen LogP contribution in [0.15, 0.2) is 82.7 Å². The van der Waals surface area contributed by atoms with Gasteiger partial charge in [0.2, 0.25) is 28.7 Å². The van der Waals surface area contributed by atoms with Gasteiger partial charge in [0, 0.05) is 24.3 Å². The number of amides is 4. The first-order valence-electron chi connectivity index (χ1n) is 19.0. The number of aliphatic imine (C=N–C) groups is 1. The zero-order valence-electron chi connectivity index (χ0n) is 33.2. The van der Waals surface area contributed by atoms with E-state index in [1.54, 1.807) is 24.3 Å². The summed E-state index contributed by atoms with van der Waals surface area (Å²) < 4.78 is 0. The molecule has 0 radical (unpaired) electrons. The molecule has 3 aromatic rings. The maximum Gasteiger partial charge on any atom is 0.335 e. The normalized spacial score (nSPS) is 13.5. The molecule has 318 valence electrons. The van der Waals surface area contributed by atoms with E-state index in [1.165, 1.54) is 55.5 Å². The van der Waals surface area contributed by atoms with Crippen LogP contribution in [0, 0.1) is 5.92 Å². The van der Waals surface area contributed by atoms with E-state index in [1.807, 2.05) is 13.8 Å². The summed E-state index contributed by atoms with van der Waals surface area (Å²) in [6, 6.07) is 12.2. The van der Waals surface area contributed by atoms with Gasteiger partial charge in [0.25, 0.3) is 0 Å². The van der Waals surface area contributed by atoms with Crippen molar-refractivity contribution in [2.45, 2.75) is 94.4 Å². The summed E-state index contributed by atoms with van der Waals surface area (Å²) in [7, 11) is 0. The molecule has 0 unspecified atom stereocenters. The maximum atomic E-state index is 13.9. The lowest BCUT2D eigenvalue weighted by Crippen LogP contribution is -2.58. The van der Waals surface area contributed by atoms with Crippen LogP contribution >= 0.6 is 11.8 Å². The van der Waals surface area contributed by atoms with Gasteiger partial charge in [-0.25, -0.2) is 4.79 Å². The summed E-state index contributed by atoms with van der Waals surface area (Å²) in [5.74, 6) is -3.81. The Morgan fingerprint density at radius 2 is 1.17 bits per heavy atom. The number of thioether (sulfide) groups is 1. The third-order valence-electron chi connectivity index (χ3n) is 8.95. The fourth-order valence-corrected chi connectivity index (χ4v) is 6.56. The molecular formula is C41H54N8O9S. The van der Waals surface area contributed by atoms with Crippen molar-refractivity contribution in [3.63, 3.8) is 0 Å². The minimum absolute atomic E-state index is 0.00204. The molecule has 0 spiro atoms. The summed E-state index contributed by atoms with van der Waals surface area (Å²) >= 11 is 0.795. The Kier molecular flexibility index (Phi) is 18.7. The first-order chi connectivity index (χ1) is 27.9. The highest BCUT2D eigenvalue weighted by Gasteiger charge is 2.31. The van der Waals surface area contributed by atoms with Crippen LogP contribution in [0.4, 0.5) is 0 Å². The van der Waals surface area contributed by atoms with Crippen LogP contribution in [0.25, 0.3) is 0 Å². The van der Waals surface area contributed by atoms with Crippen molar-refractivity contribution in [2.75, 3.05) is 6.54 Å². The van der Waals surface area contributed by atoms with E-state index < -0.39 is 64.9 Å². The van der Waals surface area contributed by atoms with Crippen molar-refractivity contribution >= 4 is 52.4 Å². The first kappa shape index (κ1) is 47.2. The molecule has 0 heterocycles. The Morgan fingerprint density at radius 3 is 1.69 bits per heavy atom. The third kappa shape index (κ3) is 16.7. The summed E-state index contributed by atoms with van der Waals surface area (Å²) in [6.45, 7) is 5.48. The van der Waals surface area contributed by atoms with Crippen LogP contribution in [0.3, 0.4) is 0 Å². The summed E-state index contributed by atoms with van der Waals surface area (Å²) in [5, 5.41) is 39.0. The number of phenols is 2. The van der Waals surface area contributed by atoms with E-state index in [0.29, 0.717) is 35.3 Å². The molecular weight excluding hydrogens is 781 g/mol. The number of benzene rings is 3. The Bertz CT molecular complexity index is 1920. The van der Waals surface area contributed by atoms with Gasteiger partial charge in [-0.2, -0.15) is 0 Å². The van der Waals surface area contributed by atoms with Crippen LogP contribution in [-0.4, -0.2) is 92.7 Å². The predicted molar refractivity (Wildman–Crippen MR) is 223 cm³/mol. The number of aromatic hydroxyl groups is 2. The molecule has 5 atom stereocenters. The molecule has 0 aliphatic carbocycles. The second-order valence-corrected chi connectivity index (χ2v) is 15.5. The number of hydrogen-bond acceptors (Lipinski definition) is 11. The van der Waals surface area contributed by atoms with Crippen molar-refractivity contribution in [1.82, 2.24) is 21.3 Å². The quantitative estimate of drug-likeness (QED) is 0.0299. The average Bonchev–Trinajstić information content (AvgIpc) is 3.17. The van der Waals surface area contributed by atoms with Crippen molar-refractivity contribution in [3.8, 4) is 11.5 Å². The second kappa shape index (κ2) is 23.3. The van der Waals surface area contributed by atoms with E-state index in [4.69, 9.17) is 17.2 Å². The second-order valence-electron chi connectivity index (χ2n) is 14.4. The summed E-state index contributed by atoms with van der Waals surface area (Å²) in [6.07, 6.45) is 1.30. The highest BCUT2D eigenvalue weighted by Crippen LogP contribution is 2.23. The molecule has 4 amide bonds. The van der Waals surface area contributed by atoms with Gasteiger partial charge in [-0.15, -0.1) is 0 Å². The highest BCUT2D eigenvalue weighted by molar-refractivity contribution is 8.13. The van der Waals surface area contributed by atoms with Gasteiger partial charge in [-0.3, -0.25) is 29.0 Å². The molecule has 0 aromatic heterocycles. The van der Waals surface area contributed by atoms with Crippen molar-refractivity contribution < 1.29 is 44.1 Å². The standard InChI is InChI=1S/C41H54N8O9S/c1-23(2)20-31(42)36(53)48-33(21-25-7-13-28(50)14-8-25)38(55)47-32(6-4-5-19-45-41(43)44)37(54)46-24(3)35(52)49-34(22-26-9-15-29(51)16-10-26)40(58)59-30-17-11-27(12-18-30)39(56)57/h7-18,23-24,31-34,50-51H,4-6,19-22,42H2,1-3H3,(H,46,54)(H,47,55)(H,48,53)(H,49,52)(H,56,57)(H4,43,44,45)/t24-,31-,32-,33-,34-/m0/s1. The molecule has 0 bridgehead atoms. The lowest BCUT2D eigenvalue weighted by atomic mass is 10.0. The zero-order chi connectivity index (χ0) is 43.6. The Labute approximate surface area is 347 Å². The maximum absolute atomic E-state index is 13.9. The number of carboxylic acids is 1. The third-order valence-corrected chi connectivity index (χ3v) is 9.94. The van der Waals surface area contributed by atoms with Crippen molar-refractivity contribution in [2.24, 2.45) is 28.1 Å². The number of carbonyl (C=O) groups is 6. The number of phenolic OH excluding ortho intramolecular Hbond substituents is 2. The molecule has 13 N–H and O–H groups in total. The SMILES string of the molecule is CC(C)C[C@H](N)C(=O)N[C@@H](Cc1ccc(O)cc1)C(=O)N[C@@H](CCCCN=C(N)N)C(=O)N[C@@H](C)C(=O)N[C@@H](Cc1ccc(O)cc1)C(=O)Sc1ccc(C(=O)O)cc1. The number of hydrogen-bond donors (Lipinski definition) is 10. The van der Waals surface area contributed by atoms with Gasteiger partial charge >= 0.3 is 5.97 Å². The Balaban J connectivity index is 1.81. The van der Waals surface area contributed by atoms with Gasteiger partial charge < -0.3 is 53.8 Å². The number of nitrogens with zero attached hydrogens (tertiary/aromatic N) is 1. The number of carbonyl (C=O) groups excluding carboxylic acids is 5. The molecule has 18 heteroatoms. The lowest BCUT2D eigenvalue weighted by molar-refractivity contribution is -0.134. The van der Waals surface area contributed by atoms with Crippen LogP contribution in [0.5, 0.6) is 11.5 Å². The van der Waals surface area contributed by atoms with Gasteiger partial charge in [-0.1, -0.05) is 38.1 Å². The largest absolute Gasteiger partial charge is 0.508 e. The van der Waals surface area contributed by atoms with Crippen molar-refractivity contribution in [1.29, 1.82) is 0 Å². The number of carboxylic acid groups (broad SMARTS) is 1. The summed E-state index contributed by atoms with van der Waals surface area (Å²) in [5.41, 5.74) is 18.3. The molecule has 59 heavy (non-hydrogen) atoms. The molecule has 0 fully saturated rings. The smallest absolute Gasteiger partial charge is 0.335 e. The number of aromatic carboxylic acids is 1. The van der Waals surface area contributed by atoms with E-state index >= 15 is 0 Å². The minimum Gasteiger partial charge on any atom is -0.508 e. The molecule has 0 saturated carbocycles. The van der Waals surface area contributed by atoms with Gasteiger partial charge in [0.1, 0.15) is 35.7 Å².